The minimum atomic E-state index is -3.31. The summed E-state index contributed by atoms with van der Waals surface area (Å²) in [6.45, 7) is 1.76. The second kappa shape index (κ2) is 5.58. The van der Waals surface area contributed by atoms with Gasteiger partial charge in [-0.05, 0) is 37.2 Å². The third-order valence-corrected chi connectivity index (χ3v) is 3.40. The van der Waals surface area contributed by atoms with E-state index in [0.717, 1.165) is 19.3 Å². The Balaban J connectivity index is 1.96. The molecule has 0 unspecified atom stereocenters. The van der Waals surface area contributed by atoms with Gasteiger partial charge in [-0.2, -0.15) is 0 Å². The Labute approximate surface area is 112 Å². The van der Waals surface area contributed by atoms with Gasteiger partial charge in [0, 0.05) is 12.1 Å². The van der Waals surface area contributed by atoms with E-state index in [1.54, 1.807) is 24.3 Å². The van der Waals surface area contributed by atoms with Crippen LogP contribution in [-0.4, -0.2) is 33.7 Å². The third kappa shape index (κ3) is 4.53. The highest BCUT2D eigenvalue weighted by Crippen LogP contribution is 2.17. The quantitative estimate of drug-likeness (QED) is 0.738. The first-order chi connectivity index (χ1) is 8.92. The largest absolute Gasteiger partial charge is 0.326 e. The summed E-state index contributed by atoms with van der Waals surface area (Å²) in [5.41, 5.74) is 1.02. The molecule has 0 spiro atoms. The first-order valence-corrected chi connectivity index (χ1v) is 7.90. The van der Waals surface area contributed by atoms with Crippen LogP contribution in [0.15, 0.2) is 24.3 Å². The lowest BCUT2D eigenvalue weighted by Gasteiger charge is -2.26. The number of rotatable bonds is 5. The molecule has 0 aromatic heterocycles. The maximum atomic E-state index is 11.7. The zero-order valence-electron chi connectivity index (χ0n) is 10.6. The van der Waals surface area contributed by atoms with Gasteiger partial charge >= 0.3 is 0 Å². The summed E-state index contributed by atoms with van der Waals surface area (Å²) in [6, 6.07) is 6.64. The SMILES string of the molecule is CS(=O)(=O)Nc1cccc(NC(=O)CC2CNC2)c1. The van der Waals surface area contributed by atoms with Crippen molar-refractivity contribution in [1.29, 1.82) is 0 Å². The second-order valence-electron chi connectivity index (χ2n) is 4.73. The van der Waals surface area contributed by atoms with Gasteiger partial charge < -0.3 is 10.6 Å². The van der Waals surface area contributed by atoms with E-state index in [-0.39, 0.29) is 5.91 Å². The van der Waals surface area contributed by atoms with Gasteiger partial charge in [-0.1, -0.05) is 6.07 Å². The molecule has 1 aromatic carbocycles. The number of carbonyl (C=O) groups is 1. The molecule has 0 saturated carbocycles. The monoisotopic (exact) mass is 283 g/mol. The molecule has 1 aliphatic heterocycles. The lowest BCUT2D eigenvalue weighted by Crippen LogP contribution is -2.43. The van der Waals surface area contributed by atoms with Crippen LogP contribution in [0.3, 0.4) is 0 Å². The van der Waals surface area contributed by atoms with E-state index in [0.29, 0.717) is 23.7 Å². The lowest BCUT2D eigenvalue weighted by molar-refractivity contribution is -0.117. The minimum absolute atomic E-state index is 0.0528. The average molecular weight is 283 g/mol. The van der Waals surface area contributed by atoms with E-state index in [4.69, 9.17) is 0 Å². The van der Waals surface area contributed by atoms with Gasteiger partial charge in [-0.15, -0.1) is 0 Å². The summed E-state index contributed by atoms with van der Waals surface area (Å²) in [5.74, 6) is 0.348. The van der Waals surface area contributed by atoms with Crippen molar-refractivity contribution in [2.45, 2.75) is 6.42 Å². The second-order valence-corrected chi connectivity index (χ2v) is 6.48. The molecule has 1 saturated heterocycles. The highest BCUT2D eigenvalue weighted by Gasteiger charge is 2.20. The summed E-state index contributed by atoms with van der Waals surface area (Å²) in [7, 11) is -3.31. The van der Waals surface area contributed by atoms with Crippen molar-refractivity contribution in [2.75, 3.05) is 29.4 Å². The summed E-state index contributed by atoms with van der Waals surface area (Å²) in [4.78, 5) is 11.7. The first-order valence-electron chi connectivity index (χ1n) is 6.01. The normalized spacial score (nSPS) is 15.6. The molecule has 6 nitrogen and oxygen atoms in total. The molecule has 0 radical (unpaired) electrons. The van der Waals surface area contributed by atoms with Gasteiger partial charge in [-0.3, -0.25) is 9.52 Å². The Morgan fingerprint density at radius 3 is 2.63 bits per heavy atom. The van der Waals surface area contributed by atoms with E-state index in [9.17, 15) is 13.2 Å². The zero-order valence-corrected chi connectivity index (χ0v) is 11.5. The molecule has 104 valence electrons. The number of sulfonamides is 1. The smallest absolute Gasteiger partial charge is 0.229 e. The molecular formula is C12H17N3O3S. The maximum Gasteiger partial charge on any atom is 0.229 e. The molecule has 3 N–H and O–H groups in total. The Morgan fingerprint density at radius 2 is 2.05 bits per heavy atom. The van der Waals surface area contributed by atoms with E-state index in [1.165, 1.54) is 0 Å². The predicted molar refractivity (Wildman–Crippen MR) is 74.5 cm³/mol. The Morgan fingerprint density at radius 1 is 1.37 bits per heavy atom. The number of carbonyl (C=O) groups excluding carboxylic acids is 1. The Hall–Kier alpha value is -1.60. The highest BCUT2D eigenvalue weighted by molar-refractivity contribution is 7.92. The minimum Gasteiger partial charge on any atom is -0.326 e. The van der Waals surface area contributed by atoms with Crippen LogP contribution in [0.25, 0.3) is 0 Å². The number of benzene rings is 1. The van der Waals surface area contributed by atoms with Crippen molar-refractivity contribution in [1.82, 2.24) is 5.32 Å². The van der Waals surface area contributed by atoms with Crippen molar-refractivity contribution >= 4 is 27.3 Å². The maximum absolute atomic E-state index is 11.7. The van der Waals surface area contributed by atoms with Crippen molar-refractivity contribution in [3.63, 3.8) is 0 Å². The first kappa shape index (κ1) is 13.8. The molecule has 0 bridgehead atoms. The topological polar surface area (TPSA) is 87.3 Å². The molecule has 1 amide bonds. The fourth-order valence-electron chi connectivity index (χ4n) is 1.84. The number of hydrogen-bond acceptors (Lipinski definition) is 4. The molecule has 1 heterocycles. The van der Waals surface area contributed by atoms with Gasteiger partial charge in [-0.25, -0.2) is 8.42 Å². The standard InChI is InChI=1S/C12H17N3O3S/c1-19(17,18)15-11-4-2-3-10(6-11)14-12(16)5-9-7-13-8-9/h2-4,6,9,13,15H,5,7-8H2,1H3,(H,14,16). The van der Waals surface area contributed by atoms with Crippen LogP contribution in [-0.2, 0) is 14.8 Å². The van der Waals surface area contributed by atoms with Crippen LogP contribution < -0.4 is 15.4 Å². The van der Waals surface area contributed by atoms with Crippen molar-refractivity contribution in [3.8, 4) is 0 Å². The Kier molecular flexibility index (Phi) is 4.06. The van der Waals surface area contributed by atoms with Gasteiger partial charge in [0.25, 0.3) is 0 Å². The van der Waals surface area contributed by atoms with Crippen LogP contribution in [0, 0.1) is 5.92 Å². The van der Waals surface area contributed by atoms with Crippen LogP contribution in [0.5, 0.6) is 0 Å². The molecule has 1 aliphatic rings. The van der Waals surface area contributed by atoms with Gasteiger partial charge in [0.1, 0.15) is 0 Å². The predicted octanol–water partition coefficient (Wildman–Crippen LogP) is 0.606. The summed E-state index contributed by atoms with van der Waals surface area (Å²) < 4.78 is 24.6. The number of nitrogens with one attached hydrogen (secondary N) is 3. The lowest BCUT2D eigenvalue weighted by atomic mass is 9.99. The molecule has 2 rings (SSSR count). The van der Waals surface area contributed by atoms with E-state index >= 15 is 0 Å². The third-order valence-electron chi connectivity index (χ3n) is 2.79. The number of hydrogen-bond donors (Lipinski definition) is 3. The highest BCUT2D eigenvalue weighted by atomic mass is 32.2. The molecule has 7 heteroatoms. The molecule has 1 aromatic rings. The fraction of sp³-hybridized carbons (Fsp3) is 0.417. The van der Waals surface area contributed by atoms with Crippen LogP contribution in [0.2, 0.25) is 0 Å². The average Bonchev–Trinajstić information content (AvgIpc) is 2.21. The van der Waals surface area contributed by atoms with Gasteiger partial charge in [0.15, 0.2) is 0 Å². The molecule has 19 heavy (non-hydrogen) atoms. The van der Waals surface area contributed by atoms with Crippen LogP contribution >= 0.6 is 0 Å². The summed E-state index contributed by atoms with van der Waals surface area (Å²) in [6.07, 6.45) is 1.57. The molecule has 0 atom stereocenters. The molecular weight excluding hydrogens is 266 g/mol. The van der Waals surface area contributed by atoms with Crippen molar-refractivity contribution in [2.24, 2.45) is 5.92 Å². The van der Waals surface area contributed by atoms with Crippen LogP contribution in [0.1, 0.15) is 6.42 Å². The van der Waals surface area contributed by atoms with Gasteiger partial charge in [0.2, 0.25) is 15.9 Å². The summed E-state index contributed by atoms with van der Waals surface area (Å²) in [5, 5.41) is 5.87. The summed E-state index contributed by atoms with van der Waals surface area (Å²) >= 11 is 0. The Bertz CT molecular complexity index is 567. The van der Waals surface area contributed by atoms with E-state index in [1.807, 2.05) is 0 Å². The molecule has 1 fully saturated rings. The molecule has 0 aliphatic carbocycles. The fourth-order valence-corrected chi connectivity index (χ4v) is 2.40. The number of anilines is 2. The van der Waals surface area contributed by atoms with Crippen molar-refractivity contribution in [3.05, 3.63) is 24.3 Å². The van der Waals surface area contributed by atoms with E-state index in [2.05, 4.69) is 15.4 Å². The number of amides is 1. The van der Waals surface area contributed by atoms with Crippen molar-refractivity contribution < 1.29 is 13.2 Å². The zero-order chi connectivity index (χ0) is 13.9. The van der Waals surface area contributed by atoms with Crippen LogP contribution in [0.4, 0.5) is 11.4 Å². The van der Waals surface area contributed by atoms with Gasteiger partial charge in [0.05, 0.1) is 11.9 Å². The van der Waals surface area contributed by atoms with E-state index < -0.39 is 10.0 Å².